The van der Waals surface area contributed by atoms with Crippen molar-refractivity contribution in [1.82, 2.24) is 10.6 Å². The molecule has 0 saturated heterocycles. The Bertz CT molecular complexity index is 489. The second-order valence-electron chi connectivity index (χ2n) is 4.27. The Morgan fingerprint density at radius 3 is 2.74 bits per heavy atom. The minimum Gasteiger partial charge on any atom is -0.409 e. The Hall–Kier alpha value is -2.31. The number of carbonyl (C=O) groups excluding carboxylic acids is 1. The average Bonchev–Trinajstić information content (AvgIpc) is 2.35. The molecule has 0 atom stereocenters. The highest BCUT2D eigenvalue weighted by atomic mass is 19.1. The molecule has 2 amide bonds. The van der Waals surface area contributed by atoms with E-state index in [1.807, 2.05) is 13.8 Å². The van der Waals surface area contributed by atoms with E-state index in [0.29, 0.717) is 5.56 Å². The standard InChI is InChI=1S/C12H17FN4O2/c1-7(2)16-12(18)15-6-9-4-3-8(5-10(9)13)11(14)17-19/h3-5,7,19H,6H2,1-2H3,(H2,14,17)(H2,15,16,18). The first-order valence-corrected chi connectivity index (χ1v) is 5.74. The van der Waals surface area contributed by atoms with Gasteiger partial charge < -0.3 is 21.6 Å². The number of rotatable bonds is 4. The van der Waals surface area contributed by atoms with E-state index >= 15 is 0 Å². The lowest BCUT2D eigenvalue weighted by Crippen LogP contribution is -2.39. The van der Waals surface area contributed by atoms with Gasteiger partial charge in [-0.1, -0.05) is 17.3 Å². The van der Waals surface area contributed by atoms with E-state index in [-0.39, 0.29) is 30.0 Å². The largest absolute Gasteiger partial charge is 0.409 e. The number of amidine groups is 1. The van der Waals surface area contributed by atoms with E-state index in [1.54, 1.807) is 0 Å². The van der Waals surface area contributed by atoms with Gasteiger partial charge in [0, 0.05) is 23.7 Å². The number of oxime groups is 1. The number of nitrogens with zero attached hydrogens (tertiary/aromatic N) is 1. The van der Waals surface area contributed by atoms with Crippen LogP contribution in [-0.2, 0) is 6.54 Å². The Kier molecular flexibility index (Phi) is 5.11. The van der Waals surface area contributed by atoms with E-state index in [2.05, 4.69) is 15.8 Å². The molecule has 0 aromatic heterocycles. The van der Waals surface area contributed by atoms with Crippen LogP contribution in [0.4, 0.5) is 9.18 Å². The van der Waals surface area contributed by atoms with Gasteiger partial charge in [-0.15, -0.1) is 0 Å². The molecule has 1 aromatic rings. The van der Waals surface area contributed by atoms with Crippen molar-refractivity contribution in [1.29, 1.82) is 0 Å². The Balaban J connectivity index is 2.68. The summed E-state index contributed by atoms with van der Waals surface area (Å²) in [4.78, 5) is 11.3. The van der Waals surface area contributed by atoms with Crippen LogP contribution in [0.25, 0.3) is 0 Å². The summed E-state index contributed by atoms with van der Waals surface area (Å²) >= 11 is 0. The molecule has 0 spiro atoms. The molecule has 104 valence electrons. The molecule has 0 radical (unpaired) electrons. The lowest BCUT2D eigenvalue weighted by Gasteiger charge is -2.11. The van der Waals surface area contributed by atoms with Crippen LogP contribution in [0.3, 0.4) is 0 Å². The topological polar surface area (TPSA) is 99.7 Å². The van der Waals surface area contributed by atoms with Crippen molar-refractivity contribution in [3.05, 3.63) is 35.1 Å². The molecule has 0 saturated carbocycles. The fourth-order valence-electron chi connectivity index (χ4n) is 1.40. The van der Waals surface area contributed by atoms with Gasteiger partial charge >= 0.3 is 6.03 Å². The quantitative estimate of drug-likeness (QED) is 0.285. The van der Waals surface area contributed by atoms with Crippen LogP contribution in [0, 0.1) is 5.82 Å². The molecule has 7 heteroatoms. The number of hydrogen-bond donors (Lipinski definition) is 4. The van der Waals surface area contributed by atoms with E-state index in [0.717, 1.165) is 6.07 Å². The third-order valence-electron chi connectivity index (χ3n) is 2.32. The summed E-state index contributed by atoms with van der Waals surface area (Å²) in [5, 5.41) is 16.4. The van der Waals surface area contributed by atoms with Crippen molar-refractivity contribution in [2.75, 3.05) is 0 Å². The SMILES string of the molecule is CC(C)NC(=O)NCc1ccc(C(N)=NO)cc1F. The summed E-state index contributed by atoms with van der Waals surface area (Å²) in [7, 11) is 0. The van der Waals surface area contributed by atoms with E-state index in [4.69, 9.17) is 10.9 Å². The smallest absolute Gasteiger partial charge is 0.315 e. The van der Waals surface area contributed by atoms with Gasteiger partial charge in [-0.25, -0.2) is 9.18 Å². The van der Waals surface area contributed by atoms with Crippen molar-refractivity contribution in [2.45, 2.75) is 26.4 Å². The van der Waals surface area contributed by atoms with E-state index in [9.17, 15) is 9.18 Å². The Labute approximate surface area is 110 Å². The zero-order chi connectivity index (χ0) is 14.4. The number of carbonyl (C=O) groups is 1. The molecule has 0 unspecified atom stereocenters. The van der Waals surface area contributed by atoms with Crippen LogP contribution in [-0.4, -0.2) is 23.1 Å². The van der Waals surface area contributed by atoms with Crippen LogP contribution in [0.2, 0.25) is 0 Å². The maximum absolute atomic E-state index is 13.7. The summed E-state index contributed by atoms with van der Waals surface area (Å²) in [6, 6.07) is 3.77. The summed E-state index contributed by atoms with van der Waals surface area (Å²) in [5.41, 5.74) is 5.93. The lowest BCUT2D eigenvalue weighted by molar-refractivity contribution is 0.238. The van der Waals surface area contributed by atoms with Crippen molar-refractivity contribution in [3.63, 3.8) is 0 Å². The highest BCUT2D eigenvalue weighted by Crippen LogP contribution is 2.10. The number of nitrogens with one attached hydrogen (secondary N) is 2. The predicted molar refractivity (Wildman–Crippen MR) is 69.4 cm³/mol. The molecule has 6 nitrogen and oxygen atoms in total. The molecule has 19 heavy (non-hydrogen) atoms. The van der Waals surface area contributed by atoms with Gasteiger partial charge in [0.05, 0.1) is 0 Å². The highest BCUT2D eigenvalue weighted by Gasteiger charge is 2.08. The maximum atomic E-state index is 13.7. The van der Waals surface area contributed by atoms with Crippen LogP contribution >= 0.6 is 0 Å². The summed E-state index contributed by atoms with van der Waals surface area (Å²) < 4.78 is 13.7. The van der Waals surface area contributed by atoms with Crippen LogP contribution < -0.4 is 16.4 Å². The third kappa shape index (κ3) is 4.46. The van der Waals surface area contributed by atoms with Gasteiger partial charge in [-0.2, -0.15) is 0 Å². The van der Waals surface area contributed by atoms with E-state index in [1.165, 1.54) is 12.1 Å². The second-order valence-corrected chi connectivity index (χ2v) is 4.27. The minimum atomic E-state index is -0.533. The average molecular weight is 268 g/mol. The van der Waals surface area contributed by atoms with Crippen LogP contribution in [0.5, 0.6) is 0 Å². The minimum absolute atomic E-state index is 0.00721. The Morgan fingerprint density at radius 1 is 1.53 bits per heavy atom. The van der Waals surface area contributed by atoms with Crippen molar-refractivity contribution < 1.29 is 14.4 Å². The summed E-state index contributed by atoms with van der Waals surface area (Å²) in [6.45, 7) is 3.71. The van der Waals surface area contributed by atoms with Gasteiger partial charge in [-0.05, 0) is 19.9 Å². The summed E-state index contributed by atoms with van der Waals surface area (Å²) in [6.07, 6.45) is 0. The number of amides is 2. The first-order valence-electron chi connectivity index (χ1n) is 5.74. The summed E-state index contributed by atoms with van der Waals surface area (Å²) in [5.74, 6) is -0.704. The highest BCUT2D eigenvalue weighted by molar-refractivity contribution is 5.97. The fraction of sp³-hybridized carbons (Fsp3) is 0.333. The molecule has 0 aliphatic heterocycles. The van der Waals surface area contributed by atoms with Crippen LogP contribution in [0.1, 0.15) is 25.0 Å². The molecular weight excluding hydrogens is 251 g/mol. The molecular formula is C12H17FN4O2. The van der Waals surface area contributed by atoms with Gasteiger partial charge in [0.25, 0.3) is 0 Å². The molecule has 0 fully saturated rings. The Morgan fingerprint density at radius 2 is 2.21 bits per heavy atom. The molecule has 0 heterocycles. The molecule has 1 aromatic carbocycles. The zero-order valence-corrected chi connectivity index (χ0v) is 10.8. The first kappa shape index (κ1) is 14.7. The molecule has 5 N–H and O–H groups in total. The van der Waals surface area contributed by atoms with Gasteiger partial charge in [0.15, 0.2) is 5.84 Å². The monoisotopic (exact) mass is 268 g/mol. The number of nitrogens with two attached hydrogens (primary N) is 1. The van der Waals surface area contributed by atoms with Crippen molar-refractivity contribution in [2.24, 2.45) is 10.9 Å². The normalized spacial score (nSPS) is 11.5. The predicted octanol–water partition coefficient (Wildman–Crippen LogP) is 1.13. The van der Waals surface area contributed by atoms with Crippen LogP contribution in [0.15, 0.2) is 23.4 Å². The number of urea groups is 1. The van der Waals surface area contributed by atoms with Gasteiger partial charge in [0.2, 0.25) is 0 Å². The van der Waals surface area contributed by atoms with Crippen molar-refractivity contribution >= 4 is 11.9 Å². The van der Waals surface area contributed by atoms with Gasteiger partial charge in [0.1, 0.15) is 5.82 Å². The maximum Gasteiger partial charge on any atom is 0.315 e. The fourth-order valence-corrected chi connectivity index (χ4v) is 1.40. The molecule has 1 rings (SSSR count). The zero-order valence-electron chi connectivity index (χ0n) is 10.8. The number of benzene rings is 1. The van der Waals surface area contributed by atoms with E-state index < -0.39 is 5.82 Å². The molecule has 0 bridgehead atoms. The molecule has 0 aliphatic carbocycles. The molecule has 0 aliphatic rings. The number of halogens is 1. The lowest BCUT2D eigenvalue weighted by atomic mass is 10.1. The van der Waals surface area contributed by atoms with Crippen molar-refractivity contribution in [3.8, 4) is 0 Å². The third-order valence-corrected chi connectivity index (χ3v) is 2.32. The number of hydrogen-bond acceptors (Lipinski definition) is 3. The second kappa shape index (κ2) is 6.58. The van der Waals surface area contributed by atoms with Gasteiger partial charge in [-0.3, -0.25) is 0 Å². The first-order chi connectivity index (χ1) is 8.93.